The number of rotatable bonds is 8. The Morgan fingerprint density at radius 1 is 1.41 bits per heavy atom. The molecule has 0 aromatic heterocycles. The molecule has 0 bridgehead atoms. The van der Waals surface area contributed by atoms with E-state index in [1.807, 2.05) is 35.0 Å². The van der Waals surface area contributed by atoms with E-state index in [4.69, 9.17) is 4.74 Å². The smallest absolute Gasteiger partial charge is 0.221 e. The van der Waals surface area contributed by atoms with E-state index in [9.17, 15) is 15.0 Å². The van der Waals surface area contributed by atoms with Gasteiger partial charge in [0.1, 0.15) is 6.54 Å². The van der Waals surface area contributed by atoms with E-state index in [0.717, 1.165) is 6.42 Å². The third-order valence-corrected chi connectivity index (χ3v) is 2.21. The number of carboxylic acids is 1. The molecule has 1 unspecified atom stereocenters. The number of ether oxygens (including phenoxy) is 1. The van der Waals surface area contributed by atoms with E-state index in [2.05, 4.69) is 0 Å². The van der Waals surface area contributed by atoms with Gasteiger partial charge in [-0.2, -0.15) is 0 Å². The highest BCUT2D eigenvalue weighted by atomic mass is 16.6. The van der Waals surface area contributed by atoms with Gasteiger partial charge in [-0.15, -0.1) is 0 Å². The molecule has 0 aliphatic rings. The van der Waals surface area contributed by atoms with Crippen molar-refractivity contribution in [3.8, 4) is 0 Å². The molecule has 0 rings (SSSR count). The topological polar surface area (TPSA) is 69.6 Å². The van der Waals surface area contributed by atoms with Crippen molar-refractivity contribution in [3.05, 3.63) is 0 Å². The van der Waals surface area contributed by atoms with Crippen molar-refractivity contribution in [1.29, 1.82) is 0 Å². The van der Waals surface area contributed by atoms with Crippen LogP contribution >= 0.6 is 0 Å². The molecule has 0 fully saturated rings. The predicted octanol–water partition coefficient (Wildman–Crippen LogP) is -0.416. The van der Waals surface area contributed by atoms with Crippen molar-refractivity contribution in [1.82, 2.24) is 0 Å². The van der Waals surface area contributed by atoms with E-state index in [-0.39, 0.29) is 6.54 Å². The molecule has 0 saturated heterocycles. The summed E-state index contributed by atoms with van der Waals surface area (Å²) < 4.78 is 5.77. The van der Waals surface area contributed by atoms with Crippen LogP contribution in [-0.2, 0) is 9.53 Å². The molecule has 0 radical (unpaired) electrons. The van der Waals surface area contributed by atoms with Gasteiger partial charge >= 0.3 is 0 Å². The number of aliphatic hydroxyl groups is 1. The number of quaternary nitrogens is 1. The molecule has 1 atom stereocenters. The first-order valence-corrected chi connectivity index (χ1v) is 5.91. The number of hydrogen-bond acceptors (Lipinski definition) is 4. The Kier molecular flexibility index (Phi) is 6.09. The number of nitrogens with zero attached hydrogens (tertiary/aromatic N) is 1. The summed E-state index contributed by atoms with van der Waals surface area (Å²) in [4.78, 5) is 10.6. The number of likely N-dealkylation sites (N-methyl/N-ethyl adjacent to an activating group) is 1. The summed E-state index contributed by atoms with van der Waals surface area (Å²) >= 11 is 0. The summed E-state index contributed by atoms with van der Waals surface area (Å²) in [7, 11) is 5.60. The Hall–Kier alpha value is -0.650. The summed E-state index contributed by atoms with van der Waals surface area (Å²) in [6.45, 7) is 4.64. The highest BCUT2D eigenvalue weighted by molar-refractivity contribution is 5.65. The van der Waals surface area contributed by atoms with E-state index < -0.39 is 18.2 Å². The highest BCUT2D eigenvalue weighted by Crippen LogP contribution is 2.17. The number of carboxylic acid groups (broad SMARTS) is 1. The van der Waals surface area contributed by atoms with Crippen LogP contribution in [0.2, 0.25) is 0 Å². The second kappa shape index (κ2) is 6.33. The minimum absolute atomic E-state index is 0.207. The van der Waals surface area contributed by atoms with E-state index >= 15 is 0 Å². The zero-order chi connectivity index (χ0) is 13.7. The number of carbonyl (C=O) groups is 1. The number of carbonyl (C=O) groups excluding carboxylic acids is 1. The Balaban J connectivity index is 4.44. The van der Waals surface area contributed by atoms with Gasteiger partial charge < -0.3 is 24.2 Å². The first kappa shape index (κ1) is 16.4. The zero-order valence-corrected chi connectivity index (χ0v) is 11.5. The van der Waals surface area contributed by atoms with Crippen LogP contribution in [0.15, 0.2) is 0 Å². The third kappa shape index (κ3) is 9.09. The Morgan fingerprint density at radius 3 is 2.29 bits per heavy atom. The quantitative estimate of drug-likeness (QED) is 0.467. The van der Waals surface area contributed by atoms with Crippen molar-refractivity contribution in [2.24, 2.45) is 5.92 Å². The summed E-state index contributed by atoms with van der Waals surface area (Å²) in [5.74, 6) is -2.50. The molecular weight excluding hydrogens is 222 g/mol. The van der Waals surface area contributed by atoms with Crippen molar-refractivity contribution in [3.63, 3.8) is 0 Å². The molecule has 102 valence electrons. The van der Waals surface area contributed by atoms with Crippen LogP contribution in [-0.4, -0.2) is 55.6 Å². The van der Waals surface area contributed by atoms with Crippen LogP contribution in [0.4, 0.5) is 0 Å². The fraction of sp³-hybridized carbons (Fsp3) is 0.917. The molecular formula is C12H25NO4. The van der Waals surface area contributed by atoms with Crippen LogP contribution in [0.25, 0.3) is 0 Å². The van der Waals surface area contributed by atoms with Crippen LogP contribution in [0.5, 0.6) is 0 Å². The molecule has 0 aromatic carbocycles. The lowest BCUT2D eigenvalue weighted by atomic mass is 10.1. The largest absolute Gasteiger partial charge is 0.550 e. The molecule has 17 heavy (non-hydrogen) atoms. The van der Waals surface area contributed by atoms with Crippen molar-refractivity contribution in [2.45, 2.75) is 32.5 Å². The van der Waals surface area contributed by atoms with Crippen LogP contribution < -0.4 is 5.11 Å². The van der Waals surface area contributed by atoms with E-state index in [0.29, 0.717) is 17.0 Å². The predicted molar refractivity (Wildman–Crippen MR) is 62.9 cm³/mol. The lowest BCUT2D eigenvalue weighted by Crippen LogP contribution is -2.53. The maximum Gasteiger partial charge on any atom is 0.221 e. The van der Waals surface area contributed by atoms with Gasteiger partial charge in [0.25, 0.3) is 0 Å². The summed E-state index contributed by atoms with van der Waals surface area (Å²) in [6.07, 6.45) is 0.285. The zero-order valence-electron chi connectivity index (χ0n) is 11.5. The maximum absolute atomic E-state index is 10.6. The Bertz CT molecular complexity index is 247. The molecule has 0 saturated carbocycles. The van der Waals surface area contributed by atoms with Crippen LogP contribution in [0.1, 0.15) is 26.7 Å². The Labute approximate surface area is 104 Å². The first-order valence-electron chi connectivity index (χ1n) is 5.91. The Morgan fingerprint density at radius 2 is 1.94 bits per heavy atom. The lowest BCUT2D eigenvalue weighted by molar-refractivity contribution is -0.881. The van der Waals surface area contributed by atoms with Gasteiger partial charge in [-0.3, -0.25) is 0 Å². The van der Waals surface area contributed by atoms with Gasteiger partial charge in [-0.05, 0) is 12.3 Å². The van der Waals surface area contributed by atoms with Gasteiger partial charge in [0.15, 0.2) is 0 Å². The summed E-state index contributed by atoms with van der Waals surface area (Å²) in [6, 6.07) is 0. The van der Waals surface area contributed by atoms with Gasteiger partial charge in [0.2, 0.25) is 5.79 Å². The van der Waals surface area contributed by atoms with E-state index in [1.165, 1.54) is 0 Å². The second-order valence-electron chi connectivity index (χ2n) is 5.97. The molecule has 0 aromatic rings. The fourth-order valence-corrected chi connectivity index (χ4v) is 1.60. The van der Waals surface area contributed by atoms with Crippen molar-refractivity contribution >= 4 is 5.97 Å². The number of hydrogen-bond donors (Lipinski definition) is 1. The average molecular weight is 247 g/mol. The van der Waals surface area contributed by atoms with Crippen molar-refractivity contribution in [2.75, 3.05) is 34.3 Å². The minimum Gasteiger partial charge on any atom is -0.550 e. The summed E-state index contributed by atoms with van der Waals surface area (Å²) in [5, 5.41) is 20.8. The van der Waals surface area contributed by atoms with Gasteiger partial charge in [-0.1, -0.05) is 13.8 Å². The van der Waals surface area contributed by atoms with Gasteiger partial charge in [0, 0.05) is 12.4 Å². The molecule has 0 spiro atoms. The molecule has 1 N–H and O–H groups in total. The monoisotopic (exact) mass is 247 g/mol. The molecule has 0 heterocycles. The van der Waals surface area contributed by atoms with Gasteiger partial charge in [-0.25, -0.2) is 0 Å². The third-order valence-electron chi connectivity index (χ3n) is 2.21. The average Bonchev–Trinajstić information content (AvgIpc) is 1.95. The van der Waals surface area contributed by atoms with Crippen LogP contribution in [0, 0.1) is 5.92 Å². The molecule has 0 aliphatic heterocycles. The SMILES string of the molecule is CC(C)CCOC(O)(CC(=O)[O-])C[N+](C)(C)C. The standard InChI is InChI=1S/C12H25NO4/c1-10(2)6-7-17-12(16,8-11(14)15)9-13(3,4)5/h10,16H,6-9H2,1-5H3. The number of aliphatic carboxylic acids is 1. The minimum atomic E-state index is -1.65. The van der Waals surface area contributed by atoms with Crippen LogP contribution in [0.3, 0.4) is 0 Å². The van der Waals surface area contributed by atoms with Crippen molar-refractivity contribution < 1.29 is 24.2 Å². The highest BCUT2D eigenvalue weighted by Gasteiger charge is 2.34. The second-order valence-corrected chi connectivity index (χ2v) is 5.97. The summed E-state index contributed by atoms with van der Waals surface area (Å²) in [5.41, 5.74) is 0. The normalized spacial score (nSPS) is 15.9. The van der Waals surface area contributed by atoms with E-state index in [1.54, 1.807) is 0 Å². The first-order chi connectivity index (χ1) is 7.54. The molecule has 5 nitrogen and oxygen atoms in total. The molecule has 0 aliphatic carbocycles. The lowest BCUT2D eigenvalue weighted by Gasteiger charge is -2.35. The molecule has 0 amide bonds. The van der Waals surface area contributed by atoms with Gasteiger partial charge in [0.05, 0.1) is 27.7 Å². The maximum atomic E-state index is 10.6. The fourth-order valence-electron chi connectivity index (χ4n) is 1.60. The molecule has 5 heteroatoms.